The Balaban J connectivity index is 1.56. The van der Waals surface area contributed by atoms with Gasteiger partial charge in [-0.25, -0.2) is 8.42 Å². The van der Waals surface area contributed by atoms with Gasteiger partial charge in [0.2, 0.25) is 21.8 Å². The lowest BCUT2D eigenvalue weighted by Gasteiger charge is -2.31. The number of nitrogens with zero attached hydrogens (tertiary/aromatic N) is 1. The second-order valence-electron chi connectivity index (χ2n) is 9.46. The summed E-state index contributed by atoms with van der Waals surface area (Å²) in [5, 5.41) is 5.78. The molecule has 2 atom stereocenters. The highest BCUT2D eigenvalue weighted by molar-refractivity contribution is 7.89. The first-order valence-corrected chi connectivity index (χ1v) is 12.2. The van der Waals surface area contributed by atoms with Crippen molar-refractivity contribution in [2.75, 3.05) is 18.4 Å². The zero-order chi connectivity index (χ0) is 23.0. The molecule has 1 heterocycles. The molecule has 1 saturated carbocycles. The first kappa shape index (κ1) is 23.5. The van der Waals surface area contributed by atoms with Crippen LogP contribution in [0.4, 0.5) is 5.69 Å². The van der Waals surface area contributed by atoms with E-state index in [2.05, 4.69) is 30.6 Å². The normalized spacial score (nSPS) is 23.6. The number of carbonyl (C=O) groups is 2. The van der Waals surface area contributed by atoms with Gasteiger partial charge in [-0.1, -0.05) is 25.5 Å². The smallest absolute Gasteiger partial charge is 0.243 e. The molecule has 1 saturated heterocycles. The summed E-state index contributed by atoms with van der Waals surface area (Å²) < 4.78 is 27.4. The second kappa shape index (κ2) is 8.74. The van der Waals surface area contributed by atoms with Crippen LogP contribution in [0.5, 0.6) is 0 Å². The Bertz CT molecular complexity index is 971. The predicted molar refractivity (Wildman–Crippen MR) is 121 cm³/mol. The van der Waals surface area contributed by atoms with Gasteiger partial charge in [-0.2, -0.15) is 4.31 Å². The summed E-state index contributed by atoms with van der Waals surface area (Å²) in [7, 11) is -3.60. The maximum atomic E-state index is 12.9. The molecule has 3 rings (SSSR count). The van der Waals surface area contributed by atoms with Crippen molar-refractivity contribution < 1.29 is 18.0 Å². The fourth-order valence-electron chi connectivity index (χ4n) is 4.44. The van der Waals surface area contributed by atoms with Gasteiger partial charge in [-0.15, -0.1) is 0 Å². The Kier molecular flexibility index (Phi) is 6.62. The van der Waals surface area contributed by atoms with Crippen LogP contribution in [0.25, 0.3) is 0 Å². The highest BCUT2D eigenvalue weighted by Gasteiger charge is 2.60. The molecule has 1 aliphatic heterocycles. The Hall–Kier alpha value is -2.19. The van der Waals surface area contributed by atoms with Crippen molar-refractivity contribution in [2.45, 2.75) is 58.4 Å². The van der Waals surface area contributed by atoms with E-state index in [4.69, 9.17) is 0 Å². The lowest BCUT2D eigenvalue weighted by molar-refractivity contribution is -0.124. The average molecular weight is 448 g/mol. The van der Waals surface area contributed by atoms with Crippen LogP contribution in [-0.2, 0) is 19.6 Å². The number of carbonyl (C=O) groups excluding carboxylic acids is 2. The minimum absolute atomic E-state index is 0.00940. The molecule has 0 bridgehead atoms. The van der Waals surface area contributed by atoms with E-state index in [1.807, 2.05) is 13.8 Å². The van der Waals surface area contributed by atoms with Gasteiger partial charge in [-0.05, 0) is 62.3 Å². The molecular formula is C23H33N3O4S. The SMILES string of the molecule is CC(=O)Nc1ccc(S(=O)(=O)N2CCC(NC(=O)C3C(C=C(C)C)C3(C)C)CC2)cc1. The third-order valence-corrected chi connectivity index (χ3v) is 8.23. The summed E-state index contributed by atoms with van der Waals surface area (Å²) in [4.78, 5) is 24.1. The molecule has 31 heavy (non-hydrogen) atoms. The zero-order valence-electron chi connectivity index (χ0n) is 18.9. The third kappa shape index (κ3) is 5.18. The van der Waals surface area contributed by atoms with E-state index in [1.54, 1.807) is 12.1 Å². The minimum atomic E-state index is -3.60. The van der Waals surface area contributed by atoms with Crippen molar-refractivity contribution in [3.63, 3.8) is 0 Å². The number of amides is 2. The fraction of sp³-hybridized carbons (Fsp3) is 0.565. The summed E-state index contributed by atoms with van der Waals surface area (Å²) >= 11 is 0. The number of hydrogen-bond donors (Lipinski definition) is 2. The van der Waals surface area contributed by atoms with Crippen molar-refractivity contribution in [1.82, 2.24) is 9.62 Å². The molecule has 0 radical (unpaired) electrons. The van der Waals surface area contributed by atoms with Gasteiger partial charge >= 0.3 is 0 Å². The van der Waals surface area contributed by atoms with Gasteiger partial charge in [0.1, 0.15) is 0 Å². The number of allylic oxidation sites excluding steroid dienone is 2. The number of piperidine rings is 1. The van der Waals surface area contributed by atoms with Gasteiger partial charge in [0.15, 0.2) is 0 Å². The van der Waals surface area contributed by atoms with E-state index in [9.17, 15) is 18.0 Å². The highest BCUT2D eigenvalue weighted by Crippen LogP contribution is 2.59. The number of anilines is 1. The Morgan fingerprint density at radius 3 is 2.16 bits per heavy atom. The van der Waals surface area contributed by atoms with E-state index < -0.39 is 10.0 Å². The summed E-state index contributed by atoms with van der Waals surface area (Å²) in [6.07, 6.45) is 3.36. The zero-order valence-corrected chi connectivity index (χ0v) is 19.8. The summed E-state index contributed by atoms with van der Waals surface area (Å²) in [5.41, 5.74) is 1.74. The van der Waals surface area contributed by atoms with Gasteiger partial charge in [0.05, 0.1) is 10.8 Å². The van der Waals surface area contributed by atoms with Crippen molar-refractivity contribution in [3.05, 3.63) is 35.9 Å². The molecule has 0 spiro atoms. The van der Waals surface area contributed by atoms with Crippen molar-refractivity contribution in [2.24, 2.45) is 17.3 Å². The topological polar surface area (TPSA) is 95.6 Å². The molecule has 2 amide bonds. The standard InChI is InChI=1S/C23H33N3O4S/c1-15(2)14-20-21(23(20,4)5)22(28)25-18-10-12-26(13-11-18)31(29,30)19-8-6-17(7-9-19)24-16(3)27/h6-9,14,18,20-21H,10-13H2,1-5H3,(H,24,27)(H,25,28). The molecule has 1 aromatic carbocycles. The van der Waals surface area contributed by atoms with Crippen LogP contribution in [0.15, 0.2) is 40.8 Å². The lowest BCUT2D eigenvalue weighted by Crippen LogP contribution is -2.47. The Labute approximate surface area is 185 Å². The number of sulfonamides is 1. The summed E-state index contributed by atoms with van der Waals surface area (Å²) in [6.45, 7) is 10.5. The average Bonchev–Trinajstić information content (AvgIpc) is 3.21. The predicted octanol–water partition coefficient (Wildman–Crippen LogP) is 3.15. The lowest BCUT2D eigenvalue weighted by atomic mass is 10.1. The van der Waals surface area contributed by atoms with E-state index in [0.717, 1.165) is 0 Å². The highest BCUT2D eigenvalue weighted by atomic mass is 32.2. The molecule has 8 heteroatoms. The fourth-order valence-corrected chi connectivity index (χ4v) is 5.91. The maximum absolute atomic E-state index is 12.9. The van der Waals surface area contributed by atoms with E-state index in [1.165, 1.54) is 28.9 Å². The summed E-state index contributed by atoms with van der Waals surface area (Å²) in [6, 6.07) is 6.17. The van der Waals surface area contributed by atoms with Crippen LogP contribution in [0, 0.1) is 17.3 Å². The number of rotatable bonds is 6. The first-order valence-electron chi connectivity index (χ1n) is 10.8. The van der Waals surface area contributed by atoms with Crippen LogP contribution < -0.4 is 10.6 Å². The molecule has 0 aromatic heterocycles. The third-order valence-electron chi connectivity index (χ3n) is 6.32. The Morgan fingerprint density at radius 2 is 1.65 bits per heavy atom. The quantitative estimate of drug-likeness (QED) is 0.655. The van der Waals surface area contributed by atoms with E-state index >= 15 is 0 Å². The molecule has 2 unspecified atom stereocenters. The van der Waals surface area contributed by atoms with Gasteiger partial charge in [-0.3, -0.25) is 9.59 Å². The molecule has 170 valence electrons. The van der Waals surface area contributed by atoms with Crippen LogP contribution in [0.3, 0.4) is 0 Å². The van der Waals surface area contributed by atoms with Gasteiger partial charge < -0.3 is 10.6 Å². The van der Waals surface area contributed by atoms with Crippen LogP contribution >= 0.6 is 0 Å². The van der Waals surface area contributed by atoms with Crippen LogP contribution in [-0.4, -0.2) is 43.7 Å². The van der Waals surface area contributed by atoms with E-state index in [0.29, 0.717) is 31.6 Å². The van der Waals surface area contributed by atoms with Crippen molar-refractivity contribution in [1.29, 1.82) is 0 Å². The molecule has 2 aliphatic rings. The monoisotopic (exact) mass is 447 g/mol. The number of hydrogen-bond acceptors (Lipinski definition) is 4. The first-order chi connectivity index (χ1) is 14.4. The summed E-state index contributed by atoms with van der Waals surface area (Å²) in [5.74, 6) is 0.105. The van der Waals surface area contributed by atoms with E-state index in [-0.39, 0.29) is 40.0 Å². The van der Waals surface area contributed by atoms with Crippen molar-refractivity contribution in [3.8, 4) is 0 Å². The molecule has 1 aliphatic carbocycles. The minimum Gasteiger partial charge on any atom is -0.353 e. The second-order valence-corrected chi connectivity index (χ2v) is 11.4. The van der Waals surface area contributed by atoms with Gasteiger partial charge in [0.25, 0.3) is 0 Å². The number of nitrogens with one attached hydrogen (secondary N) is 2. The largest absolute Gasteiger partial charge is 0.353 e. The van der Waals surface area contributed by atoms with Crippen LogP contribution in [0.2, 0.25) is 0 Å². The molecule has 2 N–H and O–H groups in total. The number of benzene rings is 1. The van der Waals surface area contributed by atoms with Gasteiger partial charge in [0, 0.05) is 31.7 Å². The maximum Gasteiger partial charge on any atom is 0.243 e. The molecular weight excluding hydrogens is 414 g/mol. The van der Waals surface area contributed by atoms with Crippen molar-refractivity contribution >= 4 is 27.5 Å². The molecule has 1 aromatic rings. The molecule has 2 fully saturated rings. The molecule has 7 nitrogen and oxygen atoms in total. The Morgan fingerprint density at radius 1 is 1.06 bits per heavy atom. The van der Waals surface area contributed by atoms with Crippen LogP contribution in [0.1, 0.15) is 47.5 Å².